The van der Waals surface area contributed by atoms with Gasteiger partial charge in [0, 0.05) is 29.0 Å². The molecule has 3 N–H and O–H groups in total. The molecule has 0 saturated heterocycles. The molecule has 0 fully saturated rings. The molecule has 8 nitrogen and oxygen atoms in total. The van der Waals surface area contributed by atoms with Crippen LogP contribution >= 0.6 is 23.2 Å². The van der Waals surface area contributed by atoms with E-state index in [2.05, 4.69) is 15.0 Å². The fraction of sp³-hybridized carbons (Fsp3) is 0.0952. The first-order valence-corrected chi connectivity index (χ1v) is 9.70. The van der Waals surface area contributed by atoms with E-state index in [-0.39, 0.29) is 32.7 Å². The van der Waals surface area contributed by atoms with Gasteiger partial charge < -0.3 is 25.3 Å². The van der Waals surface area contributed by atoms with Crippen LogP contribution in [0, 0.1) is 0 Å². The molecule has 178 valence electrons. The Morgan fingerprint density at radius 3 is 2.53 bits per heavy atom. The van der Waals surface area contributed by atoms with E-state index in [4.69, 9.17) is 42.5 Å². The van der Waals surface area contributed by atoms with Crippen molar-refractivity contribution in [2.45, 2.75) is 6.36 Å². The van der Waals surface area contributed by atoms with E-state index in [9.17, 15) is 22.8 Å². The lowest BCUT2D eigenvalue weighted by Crippen LogP contribution is -2.17. The Labute approximate surface area is 204 Å². The average molecular weight is 519 g/mol. The van der Waals surface area contributed by atoms with Gasteiger partial charge in [0.1, 0.15) is 22.8 Å². The number of methoxy groups -OCH3 is 1. The molecule has 0 aliphatic carbocycles. The maximum Gasteiger partial charge on any atom is 0.573 e. The molecule has 0 unspecified atom stereocenters. The fourth-order valence-electron chi connectivity index (χ4n) is 2.66. The van der Waals surface area contributed by atoms with Crippen molar-refractivity contribution in [3.63, 3.8) is 0 Å². The largest absolute Gasteiger partial charge is 0.573 e. The number of hydrogen-bond acceptors (Lipinski definition) is 6. The molecule has 0 bridgehead atoms. The number of rotatable bonds is 7. The summed E-state index contributed by atoms with van der Waals surface area (Å²) in [6.45, 7) is 0. The quantitative estimate of drug-likeness (QED) is 0.430. The van der Waals surface area contributed by atoms with Crippen molar-refractivity contribution in [3.8, 4) is 23.0 Å². The summed E-state index contributed by atoms with van der Waals surface area (Å²) in [6.07, 6.45) is -3.84. The Morgan fingerprint density at radius 2 is 1.85 bits per heavy atom. The van der Waals surface area contributed by atoms with Gasteiger partial charge in [-0.1, -0.05) is 23.2 Å². The third kappa shape index (κ3) is 6.21. The van der Waals surface area contributed by atoms with Gasteiger partial charge in [0.2, 0.25) is 0 Å². The summed E-state index contributed by atoms with van der Waals surface area (Å²) in [5.74, 6) is -3.86. The minimum Gasteiger partial charge on any atom is -0.493 e. The normalized spacial score (nSPS) is 12.7. The van der Waals surface area contributed by atoms with Gasteiger partial charge in [-0.25, -0.2) is 0 Å². The summed E-state index contributed by atoms with van der Waals surface area (Å²) in [7, 11) is -3.08. The summed E-state index contributed by atoms with van der Waals surface area (Å²) in [5, 5.41) is 2.28. The number of pyridine rings is 1. The van der Waals surface area contributed by atoms with Gasteiger partial charge in [-0.05, 0) is 30.3 Å². The van der Waals surface area contributed by atoms with Crippen LogP contribution in [0.25, 0.3) is 0 Å². The molecule has 34 heavy (non-hydrogen) atoms. The second-order valence-electron chi connectivity index (χ2n) is 6.37. The fourth-order valence-corrected chi connectivity index (χ4v) is 3.22. The number of alkyl halides is 3. The topological polar surface area (TPSA) is 113 Å². The van der Waals surface area contributed by atoms with Gasteiger partial charge >= 0.3 is 6.36 Å². The molecule has 1 heterocycles. The van der Waals surface area contributed by atoms with Crippen LogP contribution in [-0.4, -0.2) is 30.2 Å². The standard InChI is InChI=1S/C21H14Cl2F3N3O5/c1-32-16-9-12(34-21(24,25)26)2-3-15(16)33-17-7-10(22)6-13(23)18(17)20(31)29-11-4-5-28-14(8-11)19(27)30/h2-9H,1H3,(H2,27,30)(H,28,29,31)/i1D3. The molecular formula is C21H14Cl2F3N3O5. The number of nitrogens with one attached hydrogen (secondary N) is 1. The first-order valence-electron chi connectivity index (χ1n) is 10.4. The summed E-state index contributed by atoms with van der Waals surface area (Å²) in [4.78, 5) is 28.2. The van der Waals surface area contributed by atoms with Gasteiger partial charge in [-0.2, -0.15) is 0 Å². The number of nitrogens with two attached hydrogens (primary N) is 1. The summed E-state index contributed by atoms with van der Waals surface area (Å²) < 4.78 is 74.0. The maximum absolute atomic E-state index is 13.0. The molecule has 0 atom stereocenters. The van der Waals surface area contributed by atoms with Crippen LogP contribution in [0.5, 0.6) is 23.0 Å². The lowest BCUT2D eigenvalue weighted by Gasteiger charge is -2.16. The highest BCUT2D eigenvalue weighted by Crippen LogP contribution is 2.40. The minimum atomic E-state index is -5.06. The molecule has 1 aromatic heterocycles. The second-order valence-corrected chi connectivity index (χ2v) is 7.21. The molecule has 3 rings (SSSR count). The van der Waals surface area contributed by atoms with E-state index in [1.54, 1.807) is 0 Å². The van der Waals surface area contributed by atoms with E-state index in [1.165, 1.54) is 24.4 Å². The average Bonchev–Trinajstić information content (AvgIpc) is 2.73. The van der Waals surface area contributed by atoms with E-state index < -0.39 is 42.5 Å². The molecule has 13 heteroatoms. The Hall–Kier alpha value is -3.70. The van der Waals surface area contributed by atoms with Gasteiger partial charge in [-0.3, -0.25) is 14.6 Å². The van der Waals surface area contributed by atoms with Crippen LogP contribution in [0.15, 0.2) is 48.7 Å². The van der Waals surface area contributed by atoms with Gasteiger partial charge in [-0.15, -0.1) is 13.2 Å². The number of benzene rings is 2. The molecule has 0 aliphatic heterocycles. The Morgan fingerprint density at radius 1 is 1.09 bits per heavy atom. The number of anilines is 1. The lowest BCUT2D eigenvalue weighted by atomic mass is 10.1. The molecule has 2 amide bonds. The summed E-state index contributed by atoms with van der Waals surface area (Å²) in [6, 6.07) is 7.34. The number of carbonyl (C=O) groups is 2. The zero-order valence-corrected chi connectivity index (χ0v) is 18.1. The molecule has 0 aliphatic rings. The maximum atomic E-state index is 13.0. The van der Waals surface area contributed by atoms with Crippen LogP contribution < -0.4 is 25.3 Å². The number of nitrogens with zero attached hydrogens (tertiary/aromatic N) is 1. The van der Waals surface area contributed by atoms with Crippen molar-refractivity contribution >= 4 is 40.7 Å². The zero-order valence-electron chi connectivity index (χ0n) is 19.6. The van der Waals surface area contributed by atoms with Gasteiger partial charge in [0.15, 0.2) is 11.5 Å². The monoisotopic (exact) mass is 518 g/mol. The number of aromatic nitrogens is 1. The molecule has 0 saturated carbocycles. The van der Waals surface area contributed by atoms with Crippen LogP contribution in [0.3, 0.4) is 0 Å². The van der Waals surface area contributed by atoms with Gasteiger partial charge in [0.25, 0.3) is 11.8 Å². The first-order chi connectivity index (χ1) is 17.1. The van der Waals surface area contributed by atoms with Crippen LogP contribution in [0.4, 0.5) is 18.9 Å². The predicted molar refractivity (Wildman–Crippen MR) is 117 cm³/mol. The number of amides is 2. The first kappa shape index (κ1) is 20.9. The second kappa shape index (κ2) is 10.1. The Kier molecular flexibility index (Phi) is 6.18. The van der Waals surface area contributed by atoms with Crippen molar-refractivity contribution in [3.05, 3.63) is 70.0 Å². The lowest BCUT2D eigenvalue weighted by molar-refractivity contribution is -0.274. The zero-order chi connectivity index (χ0) is 27.5. The van der Waals surface area contributed by atoms with Crippen molar-refractivity contribution in [2.24, 2.45) is 5.73 Å². The summed E-state index contributed by atoms with van der Waals surface area (Å²) in [5.41, 5.74) is 4.87. The van der Waals surface area contributed by atoms with Crippen molar-refractivity contribution in [2.75, 3.05) is 12.4 Å². The molecule has 2 aromatic carbocycles. The van der Waals surface area contributed by atoms with Crippen LogP contribution in [0.2, 0.25) is 10.0 Å². The minimum absolute atomic E-state index is 0.00629. The number of primary amides is 1. The SMILES string of the molecule is [2H]C([2H])([2H])Oc1cc(OC(F)(F)F)ccc1Oc1cc(Cl)cc(Cl)c1C(=O)Nc1ccnc(C(N)=O)c1. The van der Waals surface area contributed by atoms with E-state index in [1.807, 2.05) is 0 Å². The third-order valence-electron chi connectivity index (χ3n) is 3.99. The van der Waals surface area contributed by atoms with E-state index >= 15 is 0 Å². The van der Waals surface area contributed by atoms with Gasteiger partial charge in [0.05, 0.1) is 16.2 Å². The molecular weight excluding hydrogens is 502 g/mol. The number of halogens is 5. The van der Waals surface area contributed by atoms with Crippen LogP contribution in [-0.2, 0) is 0 Å². The highest BCUT2D eigenvalue weighted by molar-refractivity contribution is 6.37. The van der Waals surface area contributed by atoms with Crippen LogP contribution in [0.1, 0.15) is 25.0 Å². The van der Waals surface area contributed by atoms with Crippen molar-refractivity contribution < 1.29 is 41.1 Å². The number of ether oxygens (including phenoxy) is 3. The smallest absolute Gasteiger partial charge is 0.493 e. The number of carbonyl (C=O) groups excluding carboxylic acids is 2. The third-order valence-corrected chi connectivity index (χ3v) is 4.51. The van der Waals surface area contributed by atoms with E-state index in [0.29, 0.717) is 6.07 Å². The van der Waals surface area contributed by atoms with Crippen molar-refractivity contribution in [1.82, 2.24) is 4.98 Å². The molecule has 0 radical (unpaired) electrons. The number of hydrogen-bond donors (Lipinski definition) is 2. The Bertz CT molecular complexity index is 1360. The highest BCUT2D eigenvalue weighted by Gasteiger charge is 2.31. The predicted octanol–water partition coefficient (Wildman–Crippen LogP) is 5.44. The van der Waals surface area contributed by atoms with E-state index in [0.717, 1.165) is 18.2 Å². The van der Waals surface area contributed by atoms with Crippen molar-refractivity contribution in [1.29, 1.82) is 0 Å². The Balaban J connectivity index is 2.01. The summed E-state index contributed by atoms with van der Waals surface area (Å²) >= 11 is 12.2. The molecule has 3 aromatic rings. The highest BCUT2D eigenvalue weighted by atomic mass is 35.5. The molecule has 0 spiro atoms.